The Morgan fingerprint density at radius 3 is 2.74 bits per heavy atom. The fourth-order valence-corrected chi connectivity index (χ4v) is 3.04. The van der Waals surface area contributed by atoms with Crippen molar-refractivity contribution in [2.45, 2.75) is 32.4 Å². The molecule has 1 aromatic carbocycles. The maximum atomic E-state index is 5.28. The molecule has 2 aromatic rings. The first-order valence-electron chi connectivity index (χ1n) is 8.14. The summed E-state index contributed by atoms with van der Waals surface area (Å²) in [4.78, 5) is 2.52. The summed E-state index contributed by atoms with van der Waals surface area (Å²) in [5.74, 6) is 1.80. The number of hydrogen-bond acceptors (Lipinski definition) is 5. The fourth-order valence-electron chi connectivity index (χ4n) is 3.04. The summed E-state index contributed by atoms with van der Waals surface area (Å²) in [6, 6.07) is 10.7. The number of methoxy groups -OCH3 is 1. The normalized spacial score (nSPS) is 16.3. The lowest BCUT2D eigenvalue weighted by molar-refractivity contribution is 0.210. The van der Waals surface area contributed by atoms with Gasteiger partial charge in [0.15, 0.2) is 0 Å². The minimum Gasteiger partial charge on any atom is -0.497 e. The van der Waals surface area contributed by atoms with Crippen molar-refractivity contribution in [3.05, 3.63) is 47.7 Å². The van der Waals surface area contributed by atoms with Gasteiger partial charge >= 0.3 is 0 Å². The largest absolute Gasteiger partial charge is 0.497 e. The average molecular weight is 312 g/mol. The topological polar surface area (TPSA) is 50.3 Å². The monoisotopic (exact) mass is 312 g/mol. The van der Waals surface area contributed by atoms with Crippen molar-refractivity contribution in [2.75, 3.05) is 25.5 Å². The first-order valence-corrected chi connectivity index (χ1v) is 8.14. The molecule has 0 spiro atoms. The first kappa shape index (κ1) is 15.7. The van der Waals surface area contributed by atoms with Crippen LogP contribution in [-0.2, 0) is 6.54 Å². The Kier molecular flexibility index (Phi) is 5.08. The average Bonchev–Trinajstić information content (AvgIpc) is 2.59. The SMILES string of the molecule is COc1ccc(CN2CCC(Nc3cccnn3)CC2)c(C)c1. The van der Waals surface area contributed by atoms with Crippen LogP contribution in [0.15, 0.2) is 36.5 Å². The Morgan fingerprint density at radius 1 is 1.26 bits per heavy atom. The molecule has 0 unspecified atom stereocenters. The zero-order chi connectivity index (χ0) is 16.1. The summed E-state index contributed by atoms with van der Waals surface area (Å²) in [7, 11) is 1.71. The van der Waals surface area contributed by atoms with E-state index in [1.807, 2.05) is 18.2 Å². The number of rotatable bonds is 5. The van der Waals surface area contributed by atoms with Gasteiger partial charge < -0.3 is 10.1 Å². The lowest BCUT2D eigenvalue weighted by Crippen LogP contribution is -2.38. The molecule has 0 amide bonds. The summed E-state index contributed by atoms with van der Waals surface area (Å²) in [5, 5.41) is 11.5. The van der Waals surface area contributed by atoms with Crippen LogP contribution in [0.25, 0.3) is 0 Å². The number of aryl methyl sites for hydroxylation is 1. The molecule has 0 aliphatic carbocycles. The van der Waals surface area contributed by atoms with E-state index in [-0.39, 0.29) is 0 Å². The molecule has 1 fully saturated rings. The van der Waals surface area contributed by atoms with Gasteiger partial charge in [-0.1, -0.05) is 6.07 Å². The molecule has 1 saturated heterocycles. The Labute approximate surface area is 137 Å². The molecule has 23 heavy (non-hydrogen) atoms. The van der Waals surface area contributed by atoms with Gasteiger partial charge in [-0.05, 0) is 55.2 Å². The molecule has 1 aromatic heterocycles. The standard InChI is InChI=1S/C18H24N4O/c1-14-12-17(23-2)6-5-15(14)13-22-10-7-16(8-11-22)20-18-4-3-9-19-21-18/h3-6,9,12,16H,7-8,10-11,13H2,1-2H3,(H,20,21). The van der Waals surface area contributed by atoms with Gasteiger partial charge in [0.1, 0.15) is 11.6 Å². The van der Waals surface area contributed by atoms with Crippen molar-refractivity contribution in [1.82, 2.24) is 15.1 Å². The highest BCUT2D eigenvalue weighted by molar-refractivity contribution is 5.35. The van der Waals surface area contributed by atoms with E-state index in [0.29, 0.717) is 6.04 Å². The van der Waals surface area contributed by atoms with Crippen molar-refractivity contribution in [3.8, 4) is 5.75 Å². The Bertz CT molecular complexity index is 624. The summed E-state index contributed by atoms with van der Waals surface area (Å²) in [5.41, 5.74) is 2.68. The number of nitrogens with one attached hydrogen (secondary N) is 1. The van der Waals surface area contributed by atoms with E-state index in [9.17, 15) is 0 Å². The lowest BCUT2D eigenvalue weighted by Gasteiger charge is -2.32. The van der Waals surface area contributed by atoms with E-state index < -0.39 is 0 Å². The maximum Gasteiger partial charge on any atom is 0.148 e. The summed E-state index contributed by atoms with van der Waals surface area (Å²) in [6.07, 6.45) is 3.96. The van der Waals surface area contributed by atoms with Crippen molar-refractivity contribution >= 4 is 5.82 Å². The molecule has 0 atom stereocenters. The van der Waals surface area contributed by atoms with Crippen LogP contribution in [-0.4, -0.2) is 41.3 Å². The number of ether oxygens (including phenoxy) is 1. The Balaban J connectivity index is 1.51. The minimum absolute atomic E-state index is 0.486. The number of nitrogens with zero attached hydrogens (tertiary/aromatic N) is 3. The van der Waals surface area contributed by atoms with Gasteiger partial charge in [0.05, 0.1) is 7.11 Å². The van der Waals surface area contributed by atoms with E-state index >= 15 is 0 Å². The molecule has 0 saturated carbocycles. The third-order valence-electron chi connectivity index (χ3n) is 4.46. The van der Waals surface area contributed by atoms with Gasteiger partial charge in [0.25, 0.3) is 0 Å². The number of piperidine rings is 1. The third-order valence-corrected chi connectivity index (χ3v) is 4.46. The number of hydrogen-bond donors (Lipinski definition) is 1. The second kappa shape index (κ2) is 7.42. The molecule has 1 aliphatic rings. The van der Waals surface area contributed by atoms with Gasteiger partial charge in [-0.2, -0.15) is 5.10 Å². The van der Waals surface area contributed by atoms with Crippen molar-refractivity contribution in [3.63, 3.8) is 0 Å². The number of aromatic nitrogens is 2. The zero-order valence-electron chi connectivity index (χ0n) is 13.8. The lowest BCUT2D eigenvalue weighted by atomic mass is 10.0. The fraction of sp³-hybridized carbons (Fsp3) is 0.444. The zero-order valence-corrected chi connectivity index (χ0v) is 13.8. The summed E-state index contributed by atoms with van der Waals surface area (Å²) in [6.45, 7) is 5.36. The van der Waals surface area contributed by atoms with E-state index in [4.69, 9.17) is 4.74 Å². The van der Waals surface area contributed by atoms with Crippen LogP contribution >= 0.6 is 0 Å². The van der Waals surface area contributed by atoms with Crippen LogP contribution in [0.2, 0.25) is 0 Å². The Hall–Kier alpha value is -2.14. The van der Waals surface area contributed by atoms with Crippen LogP contribution < -0.4 is 10.1 Å². The van der Waals surface area contributed by atoms with Crippen LogP contribution in [0, 0.1) is 6.92 Å². The van der Waals surface area contributed by atoms with E-state index in [2.05, 4.69) is 39.5 Å². The second-order valence-electron chi connectivity index (χ2n) is 6.10. The first-order chi connectivity index (χ1) is 11.2. The van der Waals surface area contributed by atoms with Crippen LogP contribution in [0.1, 0.15) is 24.0 Å². The van der Waals surface area contributed by atoms with Crippen molar-refractivity contribution in [2.24, 2.45) is 0 Å². The highest BCUT2D eigenvalue weighted by Gasteiger charge is 2.19. The predicted molar refractivity (Wildman–Crippen MR) is 91.7 cm³/mol. The molecular weight excluding hydrogens is 288 g/mol. The summed E-state index contributed by atoms with van der Waals surface area (Å²) >= 11 is 0. The maximum absolute atomic E-state index is 5.28. The highest BCUT2D eigenvalue weighted by atomic mass is 16.5. The van der Waals surface area contributed by atoms with Crippen molar-refractivity contribution in [1.29, 1.82) is 0 Å². The number of benzene rings is 1. The van der Waals surface area contributed by atoms with Gasteiger partial charge in [-0.3, -0.25) is 4.90 Å². The van der Waals surface area contributed by atoms with Gasteiger partial charge in [0, 0.05) is 31.9 Å². The quantitative estimate of drug-likeness (QED) is 0.920. The molecule has 1 aliphatic heterocycles. The van der Waals surface area contributed by atoms with E-state index in [0.717, 1.165) is 44.0 Å². The molecule has 0 radical (unpaired) electrons. The molecule has 0 bridgehead atoms. The second-order valence-corrected chi connectivity index (χ2v) is 6.10. The van der Waals surface area contributed by atoms with E-state index in [1.165, 1.54) is 11.1 Å². The van der Waals surface area contributed by atoms with Crippen LogP contribution in [0.3, 0.4) is 0 Å². The van der Waals surface area contributed by atoms with E-state index in [1.54, 1.807) is 13.3 Å². The van der Waals surface area contributed by atoms with Crippen molar-refractivity contribution < 1.29 is 4.74 Å². The number of likely N-dealkylation sites (tertiary alicyclic amines) is 1. The van der Waals surface area contributed by atoms with Gasteiger partial charge in [0.2, 0.25) is 0 Å². The Morgan fingerprint density at radius 2 is 2.09 bits per heavy atom. The third kappa shape index (κ3) is 4.20. The van der Waals surface area contributed by atoms with Crippen LogP contribution in [0.4, 0.5) is 5.82 Å². The molecule has 5 heteroatoms. The van der Waals surface area contributed by atoms with Gasteiger partial charge in [-0.15, -0.1) is 5.10 Å². The smallest absolute Gasteiger partial charge is 0.148 e. The summed E-state index contributed by atoms with van der Waals surface area (Å²) < 4.78 is 5.28. The molecule has 2 heterocycles. The minimum atomic E-state index is 0.486. The molecule has 3 rings (SSSR count). The predicted octanol–water partition coefficient (Wildman–Crippen LogP) is 2.87. The molecule has 122 valence electrons. The van der Waals surface area contributed by atoms with Gasteiger partial charge in [-0.25, -0.2) is 0 Å². The molecule has 1 N–H and O–H groups in total. The molecule has 5 nitrogen and oxygen atoms in total. The molecular formula is C18H24N4O. The van der Waals surface area contributed by atoms with Crippen LogP contribution in [0.5, 0.6) is 5.75 Å². The number of anilines is 1. The highest BCUT2D eigenvalue weighted by Crippen LogP contribution is 2.21.